The first kappa shape index (κ1) is 9.93. The molecule has 80 valence electrons. The summed E-state index contributed by atoms with van der Waals surface area (Å²) in [5.41, 5.74) is 0. The molecule has 0 aromatic carbocycles. The fraction of sp³-hybridized carbons (Fsp3) is 0.900. The largest absolute Gasteiger partial charge is 0.378 e. The van der Waals surface area contributed by atoms with E-state index in [0.717, 1.165) is 39.0 Å². The Labute approximate surface area is 84.6 Å². The van der Waals surface area contributed by atoms with E-state index in [4.69, 9.17) is 4.74 Å². The lowest BCUT2D eigenvalue weighted by Gasteiger charge is -2.40. The molecule has 2 aliphatic rings. The Morgan fingerprint density at radius 1 is 1.36 bits per heavy atom. The van der Waals surface area contributed by atoms with Crippen molar-refractivity contribution in [2.45, 2.75) is 18.9 Å². The zero-order valence-corrected chi connectivity index (χ0v) is 8.66. The molecular formula is C10H18N2O2. The van der Waals surface area contributed by atoms with E-state index < -0.39 is 0 Å². The van der Waals surface area contributed by atoms with Crippen LogP contribution in [-0.2, 0) is 9.53 Å². The predicted molar refractivity (Wildman–Crippen MR) is 53.0 cm³/mol. The summed E-state index contributed by atoms with van der Waals surface area (Å²) in [4.78, 5) is 13.8. The lowest BCUT2D eigenvalue weighted by molar-refractivity contribution is -0.148. The second kappa shape index (κ2) is 4.28. The van der Waals surface area contributed by atoms with Crippen LogP contribution in [0.4, 0.5) is 0 Å². The molecule has 0 aromatic heterocycles. The SMILES string of the molecule is COC1CN(C(=O)C2CCNCC2)C1. The minimum atomic E-state index is 0.258. The Kier molecular flexibility index (Phi) is 3.03. The Morgan fingerprint density at radius 2 is 2.00 bits per heavy atom. The van der Waals surface area contributed by atoms with Gasteiger partial charge in [0.2, 0.25) is 5.91 Å². The van der Waals surface area contributed by atoms with Gasteiger partial charge in [-0.1, -0.05) is 0 Å². The minimum Gasteiger partial charge on any atom is -0.378 e. The third kappa shape index (κ3) is 1.91. The minimum absolute atomic E-state index is 0.258. The highest BCUT2D eigenvalue weighted by Crippen LogP contribution is 2.20. The van der Waals surface area contributed by atoms with Crippen LogP contribution in [0.25, 0.3) is 0 Å². The van der Waals surface area contributed by atoms with Crippen LogP contribution in [-0.4, -0.2) is 50.2 Å². The lowest BCUT2D eigenvalue weighted by Crippen LogP contribution is -2.56. The molecule has 0 aromatic rings. The van der Waals surface area contributed by atoms with Gasteiger partial charge in [-0.2, -0.15) is 0 Å². The number of nitrogens with zero attached hydrogens (tertiary/aromatic N) is 1. The molecule has 0 unspecified atom stereocenters. The predicted octanol–water partition coefficient (Wildman–Crippen LogP) is -0.157. The average Bonchev–Trinajstić information content (AvgIpc) is 2.17. The summed E-state index contributed by atoms with van der Waals surface area (Å²) in [6, 6.07) is 0. The van der Waals surface area contributed by atoms with Gasteiger partial charge in [-0.25, -0.2) is 0 Å². The van der Waals surface area contributed by atoms with Crippen molar-refractivity contribution < 1.29 is 9.53 Å². The van der Waals surface area contributed by atoms with E-state index in [1.165, 1.54) is 0 Å². The first-order chi connectivity index (χ1) is 6.81. The van der Waals surface area contributed by atoms with E-state index in [9.17, 15) is 4.79 Å². The maximum atomic E-state index is 11.9. The number of rotatable bonds is 2. The van der Waals surface area contributed by atoms with Crippen LogP contribution in [0, 0.1) is 5.92 Å². The summed E-state index contributed by atoms with van der Waals surface area (Å²) in [6.07, 6.45) is 2.26. The van der Waals surface area contributed by atoms with Crippen molar-refractivity contribution in [1.82, 2.24) is 10.2 Å². The first-order valence-corrected chi connectivity index (χ1v) is 5.33. The third-order valence-corrected chi connectivity index (χ3v) is 3.18. The second-order valence-electron chi connectivity index (χ2n) is 4.13. The van der Waals surface area contributed by atoms with Crippen LogP contribution in [0.3, 0.4) is 0 Å². The van der Waals surface area contributed by atoms with Gasteiger partial charge in [0.25, 0.3) is 0 Å². The van der Waals surface area contributed by atoms with Crippen LogP contribution >= 0.6 is 0 Å². The van der Waals surface area contributed by atoms with Gasteiger partial charge < -0.3 is 15.0 Å². The van der Waals surface area contributed by atoms with E-state index in [1.807, 2.05) is 4.90 Å². The van der Waals surface area contributed by atoms with Gasteiger partial charge in [0.1, 0.15) is 0 Å². The molecule has 14 heavy (non-hydrogen) atoms. The third-order valence-electron chi connectivity index (χ3n) is 3.18. The Bertz CT molecular complexity index is 208. The van der Waals surface area contributed by atoms with E-state index in [-0.39, 0.29) is 12.0 Å². The molecule has 0 radical (unpaired) electrons. The van der Waals surface area contributed by atoms with Crippen molar-refractivity contribution in [3.8, 4) is 0 Å². The lowest BCUT2D eigenvalue weighted by atomic mass is 9.95. The summed E-state index contributed by atoms with van der Waals surface area (Å²) in [5.74, 6) is 0.592. The molecule has 1 amide bonds. The monoisotopic (exact) mass is 198 g/mol. The summed E-state index contributed by atoms with van der Waals surface area (Å²) < 4.78 is 5.15. The van der Waals surface area contributed by atoms with Crippen molar-refractivity contribution in [2.75, 3.05) is 33.3 Å². The smallest absolute Gasteiger partial charge is 0.225 e. The molecule has 1 N–H and O–H groups in total. The maximum absolute atomic E-state index is 11.9. The Morgan fingerprint density at radius 3 is 2.57 bits per heavy atom. The number of carbonyl (C=O) groups is 1. The van der Waals surface area contributed by atoms with E-state index >= 15 is 0 Å². The van der Waals surface area contributed by atoms with Crippen LogP contribution in [0.15, 0.2) is 0 Å². The molecule has 2 heterocycles. The summed E-state index contributed by atoms with van der Waals surface area (Å²) in [6.45, 7) is 3.55. The summed E-state index contributed by atoms with van der Waals surface area (Å²) in [5, 5.41) is 3.27. The average molecular weight is 198 g/mol. The maximum Gasteiger partial charge on any atom is 0.225 e. The molecule has 2 saturated heterocycles. The van der Waals surface area contributed by atoms with Gasteiger partial charge in [0.05, 0.1) is 6.10 Å². The zero-order chi connectivity index (χ0) is 9.97. The molecule has 0 atom stereocenters. The normalized spacial score (nSPS) is 24.8. The van der Waals surface area contributed by atoms with Crippen molar-refractivity contribution in [3.05, 3.63) is 0 Å². The number of methoxy groups -OCH3 is 1. The number of hydrogen-bond acceptors (Lipinski definition) is 3. The van der Waals surface area contributed by atoms with Crippen molar-refractivity contribution in [1.29, 1.82) is 0 Å². The van der Waals surface area contributed by atoms with Crippen LogP contribution in [0.1, 0.15) is 12.8 Å². The number of carbonyl (C=O) groups excluding carboxylic acids is 1. The number of nitrogens with one attached hydrogen (secondary N) is 1. The number of amides is 1. The van der Waals surface area contributed by atoms with E-state index in [2.05, 4.69) is 5.32 Å². The highest BCUT2D eigenvalue weighted by molar-refractivity contribution is 5.79. The highest BCUT2D eigenvalue weighted by atomic mass is 16.5. The quantitative estimate of drug-likeness (QED) is 0.670. The molecule has 4 nitrogen and oxygen atoms in total. The van der Waals surface area contributed by atoms with Crippen LogP contribution in [0.5, 0.6) is 0 Å². The molecular weight excluding hydrogens is 180 g/mol. The molecule has 0 saturated carbocycles. The van der Waals surface area contributed by atoms with E-state index in [0.29, 0.717) is 5.91 Å². The van der Waals surface area contributed by atoms with Gasteiger partial charge >= 0.3 is 0 Å². The first-order valence-electron chi connectivity index (χ1n) is 5.33. The summed E-state index contributed by atoms with van der Waals surface area (Å²) in [7, 11) is 1.71. The van der Waals surface area contributed by atoms with Crippen LogP contribution < -0.4 is 5.32 Å². The number of likely N-dealkylation sites (tertiary alicyclic amines) is 1. The van der Waals surface area contributed by atoms with Gasteiger partial charge in [-0.05, 0) is 25.9 Å². The highest BCUT2D eigenvalue weighted by Gasteiger charge is 2.34. The molecule has 2 aliphatic heterocycles. The fourth-order valence-corrected chi connectivity index (χ4v) is 2.09. The van der Waals surface area contributed by atoms with Gasteiger partial charge in [-0.3, -0.25) is 4.79 Å². The number of piperidine rings is 1. The Balaban J connectivity index is 1.78. The second-order valence-corrected chi connectivity index (χ2v) is 4.13. The topological polar surface area (TPSA) is 41.6 Å². The van der Waals surface area contributed by atoms with Gasteiger partial charge in [0, 0.05) is 26.1 Å². The molecule has 2 rings (SSSR count). The van der Waals surface area contributed by atoms with Crippen molar-refractivity contribution in [2.24, 2.45) is 5.92 Å². The van der Waals surface area contributed by atoms with Gasteiger partial charge in [-0.15, -0.1) is 0 Å². The molecule has 0 bridgehead atoms. The van der Waals surface area contributed by atoms with Crippen LogP contribution in [0.2, 0.25) is 0 Å². The molecule has 4 heteroatoms. The zero-order valence-electron chi connectivity index (χ0n) is 8.66. The molecule has 0 spiro atoms. The Hall–Kier alpha value is -0.610. The number of ether oxygens (including phenoxy) is 1. The van der Waals surface area contributed by atoms with Crippen molar-refractivity contribution >= 4 is 5.91 Å². The number of hydrogen-bond donors (Lipinski definition) is 1. The van der Waals surface area contributed by atoms with E-state index in [1.54, 1.807) is 7.11 Å². The fourth-order valence-electron chi connectivity index (χ4n) is 2.09. The summed E-state index contributed by atoms with van der Waals surface area (Å²) >= 11 is 0. The molecule has 0 aliphatic carbocycles. The molecule has 2 fully saturated rings. The van der Waals surface area contributed by atoms with Gasteiger partial charge in [0.15, 0.2) is 0 Å². The standard InChI is InChI=1S/C10H18N2O2/c1-14-9-6-12(7-9)10(13)8-2-4-11-5-3-8/h8-9,11H,2-7H2,1H3. The van der Waals surface area contributed by atoms with Crippen molar-refractivity contribution in [3.63, 3.8) is 0 Å².